The molecule has 1 amide bonds. The number of rotatable bonds is 12. The van der Waals surface area contributed by atoms with Crippen LogP contribution in [-0.4, -0.2) is 63.9 Å². The number of nitrogens with zero attached hydrogens (tertiary/aromatic N) is 1. The summed E-state index contributed by atoms with van der Waals surface area (Å²) in [5.41, 5.74) is 0.765. The molecule has 1 aliphatic rings. The maximum absolute atomic E-state index is 13.0. The Kier molecular flexibility index (Phi) is 10.3. The van der Waals surface area contributed by atoms with Crippen LogP contribution < -0.4 is 15.0 Å². The summed E-state index contributed by atoms with van der Waals surface area (Å²) in [4.78, 5) is 15.0. The van der Waals surface area contributed by atoms with Crippen LogP contribution in [0.1, 0.15) is 40.9 Å². The van der Waals surface area contributed by atoms with Crippen molar-refractivity contribution in [3.63, 3.8) is 0 Å². The van der Waals surface area contributed by atoms with E-state index in [1.807, 2.05) is 4.90 Å². The van der Waals surface area contributed by atoms with Crippen LogP contribution in [-0.2, 0) is 20.8 Å². The van der Waals surface area contributed by atoms with Crippen molar-refractivity contribution in [2.24, 2.45) is 0 Å². The highest BCUT2D eigenvalue weighted by molar-refractivity contribution is 7.91. The summed E-state index contributed by atoms with van der Waals surface area (Å²) >= 11 is 0. The number of hydrogen-bond donors (Lipinski definition) is 2. The summed E-state index contributed by atoms with van der Waals surface area (Å²) in [6.45, 7) is 0.568. The maximum Gasteiger partial charge on any atom is 0.416 e. The minimum absolute atomic E-state index is 0.0452. The predicted molar refractivity (Wildman–Crippen MR) is 151 cm³/mol. The van der Waals surface area contributed by atoms with Crippen molar-refractivity contribution in [1.29, 1.82) is 0 Å². The van der Waals surface area contributed by atoms with Crippen molar-refractivity contribution < 1.29 is 45.4 Å². The molecule has 1 fully saturated rings. The number of sulfone groups is 1. The summed E-state index contributed by atoms with van der Waals surface area (Å²) in [7, 11) is -3.39. The Bertz CT molecular complexity index is 1470. The van der Waals surface area contributed by atoms with E-state index in [4.69, 9.17) is 9.47 Å². The van der Waals surface area contributed by atoms with Gasteiger partial charge in [-0.05, 0) is 66.2 Å². The van der Waals surface area contributed by atoms with Gasteiger partial charge in [-0.3, -0.25) is 4.79 Å². The lowest BCUT2D eigenvalue weighted by Gasteiger charge is -2.26. The number of alkyl halides is 4. The van der Waals surface area contributed by atoms with Crippen LogP contribution in [0.5, 0.6) is 5.75 Å². The summed E-state index contributed by atoms with van der Waals surface area (Å²) in [6, 6.07) is 15.9. The molecule has 0 spiro atoms. The first-order chi connectivity index (χ1) is 20.4. The molecule has 43 heavy (non-hydrogen) atoms. The number of carbonyl (C=O) groups excluding carboxylic acids is 1. The SMILES string of the molecule is CCS(=O)(=O)c1ccc([C@H](CO)NC(=O)c2ccc(N3CC(Oc4ccc(C(F)(F)F)cc4)C[C@H]3COCF)cc2)cc1. The Morgan fingerprint density at radius 3 is 2.26 bits per heavy atom. The van der Waals surface area contributed by atoms with Gasteiger partial charge in [-0.1, -0.05) is 19.1 Å². The van der Waals surface area contributed by atoms with Gasteiger partial charge in [0.25, 0.3) is 5.91 Å². The van der Waals surface area contributed by atoms with Gasteiger partial charge in [-0.15, -0.1) is 0 Å². The average Bonchev–Trinajstić information content (AvgIpc) is 3.40. The smallest absolute Gasteiger partial charge is 0.416 e. The highest BCUT2D eigenvalue weighted by atomic mass is 32.2. The number of aliphatic hydroxyl groups is 1. The molecule has 3 atom stereocenters. The first-order valence-corrected chi connectivity index (χ1v) is 15.2. The summed E-state index contributed by atoms with van der Waals surface area (Å²) in [5.74, 6) is -0.230. The van der Waals surface area contributed by atoms with Gasteiger partial charge in [0.15, 0.2) is 16.7 Å². The molecule has 0 aromatic heterocycles. The van der Waals surface area contributed by atoms with Crippen molar-refractivity contribution in [2.75, 3.05) is 37.3 Å². The van der Waals surface area contributed by atoms with Crippen molar-refractivity contribution >= 4 is 21.4 Å². The number of hydrogen-bond acceptors (Lipinski definition) is 7. The van der Waals surface area contributed by atoms with Crippen LogP contribution in [0, 0.1) is 0 Å². The number of nitrogens with one attached hydrogen (secondary N) is 1. The molecule has 1 heterocycles. The topological polar surface area (TPSA) is 105 Å². The second kappa shape index (κ2) is 13.7. The molecule has 0 saturated carbocycles. The van der Waals surface area contributed by atoms with Crippen LogP contribution in [0.3, 0.4) is 0 Å². The van der Waals surface area contributed by atoms with E-state index in [1.165, 1.54) is 24.3 Å². The molecule has 4 rings (SSSR count). The van der Waals surface area contributed by atoms with Crippen LogP contribution in [0.2, 0.25) is 0 Å². The Labute approximate surface area is 247 Å². The molecule has 3 aromatic carbocycles. The number of amides is 1. The van der Waals surface area contributed by atoms with E-state index in [0.29, 0.717) is 29.8 Å². The lowest BCUT2D eigenvalue weighted by atomic mass is 10.1. The summed E-state index contributed by atoms with van der Waals surface area (Å²) < 4.78 is 86.5. The van der Waals surface area contributed by atoms with Crippen LogP contribution in [0.25, 0.3) is 0 Å². The zero-order valence-corrected chi connectivity index (χ0v) is 24.1. The molecule has 232 valence electrons. The minimum atomic E-state index is -4.45. The first kappa shape index (κ1) is 32.2. The molecule has 1 aliphatic heterocycles. The van der Waals surface area contributed by atoms with E-state index in [-0.39, 0.29) is 29.0 Å². The van der Waals surface area contributed by atoms with Gasteiger partial charge >= 0.3 is 6.18 Å². The quantitative estimate of drug-likeness (QED) is 0.276. The molecule has 0 aliphatic carbocycles. The Morgan fingerprint density at radius 2 is 1.70 bits per heavy atom. The van der Waals surface area contributed by atoms with Gasteiger partial charge in [-0.25, -0.2) is 12.8 Å². The monoisotopic (exact) mass is 624 g/mol. The number of ether oxygens (including phenoxy) is 2. The van der Waals surface area contributed by atoms with E-state index in [0.717, 1.165) is 12.1 Å². The fourth-order valence-electron chi connectivity index (χ4n) is 4.88. The molecule has 8 nitrogen and oxygen atoms in total. The fourth-order valence-corrected chi connectivity index (χ4v) is 5.77. The van der Waals surface area contributed by atoms with Crippen molar-refractivity contribution in [3.8, 4) is 5.75 Å². The zero-order chi connectivity index (χ0) is 31.2. The molecule has 1 saturated heterocycles. The number of benzene rings is 3. The number of carbonyl (C=O) groups is 1. The summed E-state index contributed by atoms with van der Waals surface area (Å²) in [6.07, 6.45) is -4.43. The summed E-state index contributed by atoms with van der Waals surface area (Å²) in [5, 5.41) is 12.6. The molecule has 2 N–H and O–H groups in total. The number of anilines is 1. The van der Waals surface area contributed by atoms with Crippen molar-refractivity contribution in [1.82, 2.24) is 5.32 Å². The third kappa shape index (κ3) is 8.03. The van der Waals surface area contributed by atoms with E-state index >= 15 is 0 Å². The Hall–Kier alpha value is -3.68. The van der Waals surface area contributed by atoms with Gasteiger partial charge in [0.1, 0.15) is 11.9 Å². The highest BCUT2D eigenvalue weighted by Gasteiger charge is 2.35. The Morgan fingerprint density at radius 1 is 1.05 bits per heavy atom. The molecule has 1 unspecified atom stereocenters. The lowest BCUT2D eigenvalue weighted by Crippen LogP contribution is -2.33. The maximum atomic E-state index is 13.0. The predicted octanol–water partition coefficient (Wildman–Crippen LogP) is 4.93. The zero-order valence-electron chi connectivity index (χ0n) is 23.3. The van der Waals surface area contributed by atoms with Crippen LogP contribution in [0.4, 0.5) is 23.2 Å². The molecule has 0 radical (unpaired) electrons. The molecular weight excluding hydrogens is 592 g/mol. The van der Waals surface area contributed by atoms with Crippen molar-refractivity contribution in [2.45, 2.75) is 42.6 Å². The third-order valence-corrected chi connectivity index (χ3v) is 8.97. The second-order valence-electron chi connectivity index (χ2n) is 10.0. The third-order valence-electron chi connectivity index (χ3n) is 7.22. The average molecular weight is 625 g/mol. The van der Waals surface area contributed by atoms with Gasteiger partial charge < -0.3 is 24.8 Å². The molecular formula is C30H32F4N2O6S. The fraction of sp³-hybridized carbons (Fsp3) is 0.367. The largest absolute Gasteiger partial charge is 0.489 e. The number of aliphatic hydroxyl groups excluding tert-OH is 1. The van der Waals surface area contributed by atoms with E-state index in [2.05, 4.69) is 5.32 Å². The second-order valence-corrected chi connectivity index (χ2v) is 12.3. The van der Waals surface area contributed by atoms with Gasteiger partial charge in [0.05, 0.1) is 48.1 Å². The standard InChI is InChI=1S/C30H32F4N2O6S/c1-2-43(39,40)27-13-5-20(6-14-27)28(17-37)35-29(38)21-3-9-23(10-4-21)36-16-26(15-24(36)18-41-19-31)42-25-11-7-22(8-12-25)30(32,33)34/h3-14,24,26,28,37H,2,15-19H2,1H3,(H,35,38)/t24-,26?,28-/m0/s1. The van der Waals surface area contributed by atoms with E-state index < -0.39 is 53.1 Å². The minimum Gasteiger partial charge on any atom is -0.489 e. The highest BCUT2D eigenvalue weighted by Crippen LogP contribution is 2.32. The Balaban J connectivity index is 1.42. The normalized spacial score (nSPS) is 18.0. The van der Waals surface area contributed by atoms with E-state index in [9.17, 15) is 35.9 Å². The van der Waals surface area contributed by atoms with Gasteiger partial charge in [0, 0.05) is 17.7 Å². The first-order valence-electron chi connectivity index (χ1n) is 13.5. The number of halogens is 4. The molecule has 13 heteroatoms. The van der Waals surface area contributed by atoms with Gasteiger partial charge in [-0.2, -0.15) is 13.2 Å². The van der Waals surface area contributed by atoms with Crippen LogP contribution in [0.15, 0.2) is 77.7 Å². The molecule has 0 bridgehead atoms. The van der Waals surface area contributed by atoms with Crippen LogP contribution >= 0.6 is 0 Å². The lowest BCUT2D eigenvalue weighted by molar-refractivity contribution is -0.137. The molecule has 3 aromatic rings. The van der Waals surface area contributed by atoms with Crippen molar-refractivity contribution in [3.05, 3.63) is 89.5 Å². The van der Waals surface area contributed by atoms with E-state index in [1.54, 1.807) is 43.3 Å². The van der Waals surface area contributed by atoms with Gasteiger partial charge in [0.2, 0.25) is 0 Å².